The summed E-state index contributed by atoms with van der Waals surface area (Å²) in [5, 5.41) is 3.34. The molecule has 0 aromatic carbocycles. The number of likely N-dealkylation sites (N-methyl/N-ethyl adjacent to an activating group) is 1. The van der Waals surface area contributed by atoms with Crippen LogP contribution in [0.1, 0.15) is 19.0 Å². The van der Waals surface area contributed by atoms with Crippen LogP contribution in [0, 0.1) is 6.92 Å². The molecule has 1 N–H and O–H groups in total. The number of anilines is 1. The van der Waals surface area contributed by atoms with E-state index in [2.05, 4.69) is 47.0 Å². The lowest BCUT2D eigenvalue weighted by Gasteiger charge is -2.12. The predicted molar refractivity (Wildman–Crippen MR) is 64.3 cm³/mol. The average molecular weight is 210 g/mol. The lowest BCUT2D eigenvalue weighted by molar-refractivity contribution is 0.385. The summed E-state index contributed by atoms with van der Waals surface area (Å²) < 4.78 is 2.19. The Morgan fingerprint density at radius 2 is 2.20 bits per heavy atom. The van der Waals surface area contributed by atoms with Gasteiger partial charge in [0.25, 0.3) is 0 Å². The van der Waals surface area contributed by atoms with E-state index in [-0.39, 0.29) is 0 Å². The highest BCUT2D eigenvalue weighted by molar-refractivity contribution is 5.28. The summed E-state index contributed by atoms with van der Waals surface area (Å²) in [7, 11) is 4.17. The highest BCUT2D eigenvalue weighted by Gasteiger charge is 2.04. The van der Waals surface area contributed by atoms with Crippen LogP contribution in [0.2, 0.25) is 0 Å². The molecule has 0 unspecified atom stereocenters. The van der Waals surface area contributed by atoms with E-state index in [1.807, 2.05) is 6.92 Å². The topological polar surface area (TPSA) is 33.1 Å². The fourth-order valence-electron chi connectivity index (χ4n) is 1.40. The minimum absolute atomic E-state index is 0.985. The van der Waals surface area contributed by atoms with E-state index in [4.69, 9.17) is 0 Å². The first kappa shape index (κ1) is 12.0. The first-order chi connectivity index (χ1) is 7.13. The fourth-order valence-corrected chi connectivity index (χ4v) is 1.40. The molecule has 1 rings (SSSR count). The summed E-state index contributed by atoms with van der Waals surface area (Å²) in [5.41, 5.74) is 1.08. The van der Waals surface area contributed by atoms with Crippen LogP contribution in [0.3, 0.4) is 0 Å². The van der Waals surface area contributed by atoms with Crippen LogP contribution in [0.4, 0.5) is 5.95 Å². The van der Waals surface area contributed by atoms with E-state index >= 15 is 0 Å². The maximum absolute atomic E-state index is 4.46. The number of hydrogen-bond acceptors (Lipinski definition) is 3. The van der Waals surface area contributed by atoms with Gasteiger partial charge in [0.05, 0.1) is 5.69 Å². The van der Waals surface area contributed by atoms with Gasteiger partial charge in [0, 0.05) is 25.8 Å². The Kier molecular flexibility index (Phi) is 4.62. The van der Waals surface area contributed by atoms with Crippen molar-refractivity contribution in [3.05, 3.63) is 11.9 Å². The summed E-state index contributed by atoms with van der Waals surface area (Å²) in [5.74, 6) is 0.996. The van der Waals surface area contributed by atoms with Gasteiger partial charge in [0.2, 0.25) is 5.95 Å². The van der Waals surface area contributed by atoms with Crippen LogP contribution >= 0.6 is 0 Å². The number of aromatic nitrogens is 2. The van der Waals surface area contributed by atoms with Gasteiger partial charge in [0.15, 0.2) is 0 Å². The molecule has 0 saturated heterocycles. The van der Waals surface area contributed by atoms with Crippen molar-refractivity contribution in [3.8, 4) is 0 Å². The minimum atomic E-state index is 0.985. The van der Waals surface area contributed by atoms with Crippen LogP contribution in [-0.2, 0) is 6.54 Å². The number of hydrogen-bond donors (Lipinski definition) is 1. The molecule has 0 aliphatic rings. The highest BCUT2D eigenvalue weighted by atomic mass is 15.2. The molecule has 0 atom stereocenters. The molecule has 0 saturated carbocycles. The smallest absolute Gasteiger partial charge is 0.203 e. The second-order valence-electron chi connectivity index (χ2n) is 4.13. The number of nitrogens with zero attached hydrogens (tertiary/aromatic N) is 3. The van der Waals surface area contributed by atoms with Crippen molar-refractivity contribution in [2.24, 2.45) is 0 Å². The SMILES string of the molecule is CCCNc1nc(C)cn1CCN(C)C. The van der Waals surface area contributed by atoms with Crippen molar-refractivity contribution < 1.29 is 0 Å². The molecule has 0 radical (unpaired) electrons. The third kappa shape index (κ3) is 3.91. The maximum atomic E-state index is 4.46. The summed E-state index contributed by atoms with van der Waals surface area (Å²) in [6.45, 7) is 7.20. The van der Waals surface area contributed by atoms with Gasteiger partial charge in [-0.05, 0) is 27.4 Å². The Bertz CT molecular complexity index is 291. The minimum Gasteiger partial charge on any atom is -0.356 e. The molecule has 1 aromatic heterocycles. The van der Waals surface area contributed by atoms with Gasteiger partial charge in [0.1, 0.15) is 0 Å². The predicted octanol–water partition coefficient (Wildman–Crippen LogP) is 1.58. The largest absolute Gasteiger partial charge is 0.356 e. The Balaban J connectivity index is 2.59. The first-order valence-electron chi connectivity index (χ1n) is 5.56. The van der Waals surface area contributed by atoms with Gasteiger partial charge in [-0.3, -0.25) is 0 Å². The summed E-state index contributed by atoms with van der Waals surface area (Å²) in [4.78, 5) is 6.64. The molecular weight excluding hydrogens is 188 g/mol. The summed E-state index contributed by atoms with van der Waals surface area (Å²) in [6.07, 6.45) is 3.22. The molecule has 15 heavy (non-hydrogen) atoms. The van der Waals surface area contributed by atoms with Gasteiger partial charge in [-0.1, -0.05) is 6.92 Å². The number of imidazole rings is 1. The van der Waals surface area contributed by atoms with E-state index < -0.39 is 0 Å². The van der Waals surface area contributed by atoms with Crippen LogP contribution in [0.25, 0.3) is 0 Å². The zero-order chi connectivity index (χ0) is 11.3. The Labute approximate surface area is 92.3 Å². The number of rotatable bonds is 6. The van der Waals surface area contributed by atoms with Crippen molar-refractivity contribution in [1.29, 1.82) is 0 Å². The lowest BCUT2D eigenvalue weighted by Crippen LogP contribution is -2.19. The molecule has 0 aliphatic heterocycles. The van der Waals surface area contributed by atoms with Crippen molar-refractivity contribution >= 4 is 5.95 Å². The monoisotopic (exact) mass is 210 g/mol. The van der Waals surface area contributed by atoms with E-state index in [1.54, 1.807) is 0 Å². The second-order valence-corrected chi connectivity index (χ2v) is 4.13. The van der Waals surface area contributed by atoms with Crippen molar-refractivity contribution in [3.63, 3.8) is 0 Å². The zero-order valence-electron chi connectivity index (χ0n) is 10.2. The zero-order valence-corrected chi connectivity index (χ0v) is 10.2. The van der Waals surface area contributed by atoms with Crippen molar-refractivity contribution in [1.82, 2.24) is 14.5 Å². The Hall–Kier alpha value is -1.03. The number of nitrogens with one attached hydrogen (secondary N) is 1. The lowest BCUT2D eigenvalue weighted by atomic mass is 10.5. The molecule has 0 aliphatic carbocycles. The van der Waals surface area contributed by atoms with Gasteiger partial charge >= 0.3 is 0 Å². The summed E-state index contributed by atoms with van der Waals surface area (Å²) >= 11 is 0. The van der Waals surface area contributed by atoms with Crippen LogP contribution in [-0.4, -0.2) is 41.6 Å². The highest BCUT2D eigenvalue weighted by Crippen LogP contribution is 2.08. The molecule has 0 spiro atoms. The van der Waals surface area contributed by atoms with Crippen molar-refractivity contribution in [2.45, 2.75) is 26.8 Å². The van der Waals surface area contributed by atoms with E-state index in [0.29, 0.717) is 0 Å². The van der Waals surface area contributed by atoms with E-state index in [9.17, 15) is 0 Å². The molecule has 1 aromatic rings. The van der Waals surface area contributed by atoms with Gasteiger partial charge in [-0.25, -0.2) is 4.98 Å². The first-order valence-corrected chi connectivity index (χ1v) is 5.56. The van der Waals surface area contributed by atoms with Gasteiger partial charge in [-0.15, -0.1) is 0 Å². The van der Waals surface area contributed by atoms with Gasteiger partial charge in [-0.2, -0.15) is 0 Å². The van der Waals surface area contributed by atoms with Crippen LogP contribution in [0.5, 0.6) is 0 Å². The molecule has 1 heterocycles. The molecule has 4 heteroatoms. The Morgan fingerprint density at radius 1 is 1.47 bits per heavy atom. The third-order valence-corrected chi connectivity index (χ3v) is 2.22. The normalized spacial score (nSPS) is 11.0. The standard InChI is InChI=1S/C11H22N4/c1-5-6-12-11-13-10(2)9-15(11)8-7-14(3)4/h9H,5-8H2,1-4H3,(H,12,13). The van der Waals surface area contributed by atoms with E-state index in [1.165, 1.54) is 0 Å². The van der Waals surface area contributed by atoms with Crippen molar-refractivity contribution in [2.75, 3.05) is 32.5 Å². The van der Waals surface area contributed by atoms with Crippen LogP contribution in [0.15, 0.2) is 6.20 Å². The molecule has 0 amide bonds. The molecule has 0 fully saturated rings. The Morgan fingerprint density at radius 3 is 2.80 bits per heavy atom. The second kappa shape index (κ2) is 5.75. The molecule has 4 nitrogen and oxygen atoms in total. The van der Waals surface area contributed by atoms with E-state index in [0.717, 1.165) is 37.7 Å². The molecular formula is C11H22N4. The number of aryl methyl sites for hydroxylation is 1. The van der Waals surface area contributed by atoms with Gasteiger partial charge < -0.3 is 14.8 Å². The van der Waals surface area contributed by atoms with Crippen LogP contribution < -0.4 is 5.32 Å². The fraction of sp³-hybridized carbons (Fsp3) is 0.727. The summed E-state index contributed by atoms with van der Waals surface area (Å²) in [6, 6.07) is 0. The maximum Gasteiger partial charge on any atom is 0.203 e. The quantitative estimate of drug-likeness (QED) is 0.774. The third-order valence-electron chi connectivity index (χ3n) is 2.22. The average Bonchev–Trinajstić information content (AvgIpc) is 2.52. The molecule has 0 bridgehead atoms. The molecule has 86 valence electrons.